The smallest absolute Gasteiger partial charge is 0.303 e. The molecule has 0 aromatic heterocycles. The first-order valence-electron chi connectivity index (χ1n) is 6.81. The minimum absolute atomic E-state index is 0.0298. The number of benzene rings is 1. The number of ether oxygens (including phenoxy) is 1. The fourth-order valence-corrected chi connectivity index (χ4v) is 4.82. The summed E-state index contributed by atoms with van der Waals surface area (Å²) in [6.45, 7) is 7.70. The maximum atomic E-state index is 13.1. The normalized spacial score (nSPS) is 25.3. The topological polar surface area (TPSA) is 42.1 Å². The van der Waals surface area contributed by atoms with E-state index in [9.17, 15) is 4.57 Å². The Bertz CT molecular complexity index is 447. The summed E-state index contributed by atoms with van der Waals surface area (Å²) in [6.07, 6.45) is 0.0298. The Morgan fingerprint density at radius 2 is 1.84 bits per heavy atom. The van der Waals surface area contributed by atoms with Gasteiger partial charge in [-0.05, 0) is 12.5 Å². The second kappa shape index (κ2) is 6.19. The van der Waals surface area contributed by atoms with Crippen molar-refractivity contribution in [2.75, 3.05) is 13.1 Å². The summed E-state index contributed by atoms with van der Waals surface area (Å²) in [5.41, 5.74) is 1.03. The zero-order valence-corrected chi connectivity index (χ0v) is 12.7. The molecule has 1 aliphatic heterocycles. The van der Waals surface area contributed by atoms with Crippen molar-refractivity contribution in [2.45, 2.75) is 39.3 Å². The van der Waals surface area contributed by atoms with E-state index in [1.54, 1.807) is 0 Å². The molecule has 1 fully saturated rings. The molecule has 4 nitrogen and oxygen atoms in total. The second-order valence-corrected chi connectivity index (χ2v) is 7.15. The van der Waals surface area contributed by atoms with Crippen molar-refractivity contribution in [1.82, 2.24) is 4.67 Å². The Balaban J connectivity index is 2.08. The molecule has 5 heteroatoms. The Kier molecular flexibility index (Phi) is 4.80. The van der Waals surface area contributed by atoms with Crippen LogP contribution in [0.15, 0.2) is 30.3 Å². The Morgan fingerprint density at radius 3 is 2.32 bits per heavy atom. The zero-order chi connectivity index (χ0) is 13.9. The summed E-state index contributed by atoms with van der Waals surface area (Å²) in [4.78, 5) is 0. The lowest BCUT2D eigenvalue weighted by atomic mass is 10.2. The summed E-state index contributed by atoms with van der Waals surface area (Å²) in [5, 5.41) is 0. The summed E-state index contributed by atoms with van der Waals surface area (Å²) < 4.78 is 26.2. The van der Waals surface area contributed by atoms with Crippen molar-refractivity contribution < 1.29 is 13.8 Å². The third-order valence-electron chi connectivity index (χ3n) is 3.38. The van der Waals surface area contributed by atoms with Crippen LogP contribution in [-0.4, -0.2) is 29.7 Å². The maximum Gasteiger partial charge on any atom is 0.303 e. The van der Waals surface area contributed by atoms with E-state index >= 15 is 0 Å². The Hall–Kier alpha value is -0.670. The van der Waals surface area contributed by atoms with Crippen molar-refractivity contribution in [3.05, 3.63) is 35.9 Å². The number of rotatable bonds is 7. The van der Waals surface area contributed by atoms with Crippen LogP contribution in [0.3, 0.4) is 0 Å². The van der Waals surface area contributed by atoms with Gasteiger partial charge in [0, 0.05) is 13.1 Å². The van der Waals surface area contributed by atoms with Crippen LogP contribution in [0.25, 0.3) is 0 Å². The molecule has 0 aliphatic carbocycles. The monoisotopic (exact) mass is 283 g/mol. The van der Waals surface area contributed by atoms with Crippen molar-refractivity contribution in [3.63, 3.8) is 0 Å². The van der Waals surface area contributed by atoms with Gasteiger partial charge in [0.25, 0.3) is 0 Å². The molecule has 0 radical (unpaired) electrons. The second-order valence-electron chi connectivity index (χ2n) is 4.69. The molecule has 1 aliphatic rings. The molecule has 0 N–H and O–H groups in total. The first-order chi connectivity index (χ1) is 9.11. The minimum atomic E-state index is -2.90. The minimum Gasteiger partial charge on any atom is -0.358 e. The molecule has 1 saturated heterocycles. The van der Waals surface area contributed by atoms with E-state index in [1.165, 1.54) is 0 Å². The van der Waals surface area contributed by atoms with Crippen LogP contribution in [0.5, 0.6) is 0 Å². The third-order valence-corrected chi connectivity index (χ3v) is 6.42. The highest BCUT2D eigenvalue weighted by Gasteiger charge is 2.53. The van der Waals surface area contributed by atoms with Gasteiger partial charge in [0.1, 0.15) is 0 Å². The zero-order valence-electron chi connectivity index (χ0n) is 11.8. The number of hydrogen-bond donors (Lipinski definition) is 0. The highest BCUT2D eigenvalue weighted by atomic mass is 31.2. The molecule has 0 saturated carbocycles. The molecule has 1 heterocycles. The van der Waals surface area contributed by atoms with Gasteiger partial charge in [-0.2, -0.15) is 0 Å². The number of nitrogens with zero attached hydrogens (tertiary/aromatic N) is 1. The summed E-state index contributed by atoms with van der Waals surface area (Å²) >= 11 is 0. The fraction of sp³-hybridized carbons (Fsp3) is 0.571. The van der Waals surface area contributed by atoms with Crippen LogP contribution in [0.1, 0.15) is 26.3 Å². The van der Waals surface area contributed by atoms with Crippen molar-refractivity contribution in [1.29, 1.82) is 0 Å². The first-order valence-corrected chi connectivity index (χ1v) is 8.45. The molecule has 19 heavy (non-hydrogen) atoms. The van der Waals surface area contributed by atoms with Crippen molar-refractivity contribution >= 4 is 7.52 Å². The van der Waals surface area contributed by atoms with Crippen molar-refractivity contribution in [2.24, 2.45) is 0 Å². The van der Waals surface area contributed by atoms with E-state index in [0.717, 1.165) is 5.56 Å². The van der Waals surface area contributed by atoms with Crippen LogP contribution in [0.4, 0.5) is 0 Å². The van der Waals surface area contributed by atoms with Crippen LogP contribution >= 0.6 is 7.52 Å². The van der Waals surface area contributed by atoms with E-state index in [-0.39, 0.29) is 11.9 Å². The highest BCUT2D eigenvalue weighted by Crippen LogP contribution is 2.63. The standard InChI is InChI=1S/C14H22NO3P/c1-4-15(5-2)19(16,14-12(3)18-14)17-11-13-9-7-6-8-10-13/h6-10,12,14H,4-5,11H2,1-3H3/t12-,14+,19?/m1/s1. The quantitative estimate of drug-likeness (QED) is 0.567. The predicted molar refractivity (Wildman–Crippen MR) is 76.1 cm³/mol. The van der Waals surface area contributed by atoms with E-state index < -0.39 is 7.52 Å². The number of hydrogen-bond acceptors (Lipinski definition) is 3. The molecule has 0 amide bonds. The average molecular weight is 283 g/mol. The Labute approximate surface area is 115 Å². The first kappa shape index (κ1) is 14.7. The third kappa shape index (κ3) is 3.26. The molecule has 0 spiro atoms. The maximum absolute atomic E-state index is 13.1. The number of epoxide rings is 1. The Morgan fingerprint density at radius 1 is 1.26 bits per heavy atom. The van der Waals surface area contributed by atoms with E-state index in [2.05, 4.69) is 0 Å². The van der Waals surface area contributed by atoms with Crippen LogP contribution in [0, 0.1) is 0 Å². The van der Waals surface area contributed by atoms with Gasteiger partial charge in [-0.25, -0.2) is 4.67 Å². The molecule has 1 unspecified atom stereocenters. The van der Waals surface area contributed by atoms with E-state index in [0.29, 0.717) is 19.7 Å². The van der Waals surface area contributed by atoms with Gasteiger partial charge in [0.2, 0.25) is 0 Å². The predicted octanol–water partition coefficient (Wildman–Crippen LogP) is 3.48. The summed E-state index contributed by atoms with van der Waals surface area (Å²) in [7, 11) is -2.90. The lowest BCUT2D eigenvalue weighted by Gasteiger charge is -2.28. The summed E-state index contributed by atoms with van der Waals surface area (Å²) in [5.74, 6) is -0.267. The largest absolute Gasteiger partial charge is 0.358 e. The molecule has 1 aromatic carbocycles. The molecular weight excluding hydrogens is 261 g/mol. The van der Waals surface area contributed by atoms with Gasteiger partial charge in [-0.1, -0.05) is 44.2 Å². The highest BCUT2D eigenvalue weighted by molar-refractivity contribution is 7.57. The van der Waals surface area contributed by atoms with E-state index in [4.69, 9.17) is 9.26 Å². The van der Waals surface area contributed by atoms with E-state index in [1.807, 2.05) is 55.8 Å². The molecule has 106 valence electrons. The van der Waals surface area contributed by atoms with Gasteiger partial charge < -0.3 is 9.26 Å². The molecule has 0 bridgehead atoms. The van der Waals surface area contributed by atoms with Crippen LogP contribution in [-0.2, 0) is 20.4 Å². The lowest BCUT2D eigenvalue weighted by molar-refractivity contribution is 0.242. The molecule has 3 atom stereocenters. The van der Waals surface area contributed by atoms with Crippen LogP contribution < -0.4 is 0 Å². The molecule has 1 aromatic rings. The van der Waals surface area contributed by atoms with Gasteiger partial charge >= 0.3 is 7.52 Å². The van der Waals surface area contributed by atoms with Crippen LogP contribution in [0.2, 0.25) is 0 Å². The molecular formula is C14H22NO3P. The lowest BCUT2D eigenvalue weighted by Crippen LogP contribution is -2.24. The van der Waals surface area contributed by atoms with Gasteiger partial charge in [0.15, 0.2) is 5.85 Å². The molecule has 2 rings (SSSR count). The van der Waals surface area contributed by atoms with Gasteiger partial charge in [-0.3, -0.25) is 4.57 Å². The van der Waals surface area contributed by atoms with Gasteiger partial charge in [-0.15, -0.1) is 0 Å². The SMILES string of the molecule is CCN(CC)P(=O)(OCc1ccccc1)[C@@H]1O[C@@H]1C. The van der Waals surface area contributed by atoms with Crippen molar-refractivity contribution in [3.8, 4) is 0 Å². The average Bonchev–Trinajstić information content (AvgIpc) is 3.17. The van der Waals surface area contributed by atoms with Gasteiger partial charge in [0.05, 0.1) is 12.7 Å². The summed E-state index contributed by atoms with van der Waals surface area (Å²) in [6, 6.07) is 9.82. The fourth-order valence-electron chi connectivity index (χ4n) is 2.19.